The van der Waals surface area contributed by atoms with E-state index in [0.717, 1.165) is 4.57 Å². The lowest BCUT2D eigenvalue weighted by molar-refractivity contribution is -0.134. The maximum absolute atomic E-state index is 17.6. The number of aliphatic hydroxyl groups is 2. The van der Waals surface area contributed by atoms with Gasteiger partial charge in [-0.15, -0.1) is 0 Å². The van der Waals surface area contributed by atoms with Gasteiger partial charge in [0, 0.05) is 13.0 Å². The molecule has 242 valence electrons. The molecule has 2 aromatic heterocycles. The Hall–Kier alpha value is -4.99. The average Bonchev–Trinajstić information content (AvgIpc) is 3.62. The molecule has 4 aromatic rings. The third-order valence-corrected chi connectivity index (χ3v) is 7.44. The van der Waals surface area contributed by atoms with E-state index in [2.05, 4.69) is 25.6 Å². The smallest absolute Gasteiger partial charge is 0.338 e. The summed E-state index contributed by atoms with van der Waals surface area (Å²) in [5.74, 6) is -2.42. The number of imidazole rings is 1. The van der Waals surface area contributed by atoms with Crippen LogP contribution in [0.5, 0.6) is 0 Å². The molecule has 1 amide bonds. The molecule has 1 aliphatic heterocycles. The van der Waals surface area contributed by atoms with Gasteiger partial charge in [-0.2, -0.15) is 9.97 Å². The number of benzene rings is 2. The highest BCUT2D eigenvalue weighted by atomic mass is 19.1. The van der Waals surface area contributed by atoms with Crippen LogP contribution in [0.4, 0.5) is 16.2 Å². The zero-order valence-electron chi connectivity index (χ0n) is 25.2. The molecule has 5 rings (SSSR count). The molecule has 2 aromatic carbocycles. The van der Waals surface area contributed by atoms with Crippen molar-refractivity contribution < 1.29 is 43.2 Å². The van der Waals surface area contributed by atoms with E-state index in [1.807, 2.05) is 0 Å². The van der Waals surface area contributed by atoms with Gasteiger partial charge in [0.05, 0.1) is 24.1 Å². The number of anilines is 2. The van der Waals surface area contributed by atoms with E-state index >= 15 is 4.39 Å². The van der Waals surface area contributed by atoms with Crippen molar-refractivity contribution in [2.24, 2.45) is 5.92 Å². The van der Waals surface area contributed by atoms with Gasteiger partial charge in [-0.3, -0.25) is 14.7 Å². The van der Waals surface area contributed by atoms with E-state index in [-0.39, 0.29) is 40.0 Å². The summed E-state index contributed by atoms with van der Waals surface area (Å²) >= 11 is 0. The molecule has 46 heavy (non-hydrogen) atoms. The maximum Gasteiger partial charge on any atom is 0.338 e. The number of esters is 2. The number of amides is 1. The van der Waals surface area contributed by atoms with Crippen molar-refractivity contribution in [2.45, 2.75) is 44.1 Å². The van der Waals surface area contributed by atoms with Crippen molar-refractivity contribution in [3.63, 3.8) is 0 Å². The normalized spacial score (nSPS) is 21.6. The van der Waals surface area contributed by atoms with Crippen LogP contribution in [0.2, 0.25) is 0 Å². The highest BCUT2D eigenvalue weighted by molar-refractivity contribution is 5.93. The number of fused-ring (bicyclic) bond motifs is 1. The van der Waals surface area contributed by atoms with E-state index in [9.17, 15) is 24.6 Å². The summed E-state index contributed by atoms with van der Waals surface area (Å²) in [5.41, 5.74) is -2.61. The minimum absolute atomic E-state index is 0.0226. The number of nitrogens with zero attached hydrogens (tertiary/aromatic N) is 4. The maximum atomic E-state index is 17.6. The van der Waals surface area contributed by atoms with Crippen molar-refractivity contribution >= 4 is 40.8 Å². The van der Waals surface area contributed by atoms with E-state index in [1.165, 1.54) is 30.6 Å². The van der Waals surface area contributed by atoms with Crippen LogP contribution < -0.4 is 10.6 Å². The molecular weight excluding hydrogens is 603 g/mol. The second kappa shape index (κ2) is 13.6. The molecular formula is C31H33FN6O8. The number of alkyl halides is 1. The van der Waals surface area contributed by atoms with Gasteiger partial charge in [0.1, 0.15) is 18.8 Å². The number of aliphatic hydroxyl groups excluding tert-OH is 2. The first-order chi connectivity index (χ1) is 22.1. The Labute approximate surface area is 262 Å². The predicted octanol–water partition coefficient (Wildman–Crippen LogP) is 2.50. The van der Waals surface area contributed by atoms with Crippen molar-refractivity contribution in [1.29, 1.82) is 0 Å². The molecule has 14 nitrogen and oxygen atoms in total. The van der Waals surface area contributed by atoms with Gasteiger partial charge in [-0.25, -0.2) is 19.0 Å². The highest BCUT2D eigenvalue weighted by Crippen LogP contribution is 2.47. The summed E-state index contributed by atoms with van der Waals surface area (Å²) in [6.07, 6.45) is -6.20. The third kappa shape index (κ3) is 6.24. The zero-order valence-corrected chi connectivity index (χ0v) is 25.2. The monoisotopic (exact) mass is 636 g/mol. The first-order valence-electron chi connectivity index (χ1n) is 14.4. The minimum atomic E-state index is -3.04. The average molecular weight is 637 g/mol. The molecule has 0 spiro atoms. The number of ether oxygens (including phenoxy) is 3. The highest BCUT2D eigenvalue weighted by Gasteiger charge is 2.65. The van der Waals surface area contributed by atoms with Crippen LogP contribution in [-0.4, -0.2) is 91.8 Å². The molecule has 0 aliphatic carbocycles. The number of aromatic nitrogens is 4. The summed E-state index contributed by atoms with van der Waals surface area (Å²) < 4.78 is 35.8. The first kappa shape index (κ1) is 32.4. The molecule has 4 N–H and O–H groups in total. The van der Waals surface area contributed by atoms with Gasteiger partial charge >= 0.3 is 11.9 Å². The minimum Gasteiger partial charge on any atom is -0.459 e. The molecule has 1 fully saturated rings. The first-order valence-corrected chi connectivity index (χ1v) is 14.4. The van der Waals surface area contributed by atoms with Crippen LogP contribution in [0.3, 0.4) is 0 Å². The molecule has 0 saturated carbocycles. The second-order valence-electron chi connectivity index (χ2n) is 10.8. The lowest BCUT2D eigenvalue weighted by Gasteiger charge is -2.34. The Bertz CT molecular complexity index is 1710. The molecule has 0 bridgehead atoms. The number of carbonyl (C=O) groups excluding carboxylic acids is 3. The topological polar surface area (TPSA) is 187 Å². The molecule has 5 atom stereocenters. The van der Waals surface area contributed by atoms with Crippen molar-refractivity contribution in [1.82, 2.24) is 19.5 Å². The summed E-state index contributed by atoms with van der Waals surface area (Å²) in [6.45, 7) is 1.67. The third-order valence-electron chi connectivity index (χ3n) is 7.44. The molecule has 0 radical (unpaired) electrons. The Morgan fingerprint density at radius 2 is 1.67 bits per heavy atom. The van der Waals surface area contributed by atoms with Crippen LogP contribution in [0.25, 0.3) is 11.2 Å². The number of hydrogen-bond acceptors (Lipinski definition) is 12. The lowest BCUT2D eigenvalue weighted by atomic mass is 9.89. The number of rotatable bonds is 11. The molecule has 2 unspecified atom stereocenters. The van der Waals surface area contributed by atoms with E-state index in [4.69, 9.17) is 14.2 Å². The number of halogens is 1. The Balaban J connectivity index is 1.58. The van der Waals surface area contributed by atoms with Crippen LogP contribution in [0, 0.1) is 5.92 Å². The second-order valence-corrected chi connectivity index (χ2v) is 10.8. The van der Waals surface area contributed by atoms with E-state index < -0.39 is 61.3 Å². The van der Waals surface area contributed by atoms with Gasteiger partial charge in [0.25, 0.3) is 0 Å². The fraction of sp³-hybridized carbons (Fsp3) is 0.355. The van der Waals surface area contributed by atoms with Crippen molar-refractivity contribution in [3.05, 3.63) is 78.1 Å². The van der Waals surface area contributed by atoms with Gasteiger partial charge in [-0.1, -0.05) is 50.2 Å². The number of carbonyl (C=O) groups is 3. The molecule has 1 saturated heterocycles. The summed E-state index contributed by atoms with van der Waals surface area (Å²) in [4.78, 5) is 51.4. The molecule has 1 aliphatic rings. The fourth-order valence-corrected chi connectivity index (χ4v) is 4.98. The fourth-order valence-electron chi connectivity index (χ4n) is 4.98. The Morgan fingerprint density at radius 1 is 1.04 bits per heavy atom. The van der Waals surface area contributed by atoms with Gasteiger partial charge in [-0.05, 0) is 24.3 Å². The van der Waals surface area contributed by atoms with Crippen LogP contribution in [0.15, 0.2) is 67.0 Å². The van der Waals surface area contributed by atoms with Crippen LogP contribution >= 0.6 is 0 Å². The largest absolute Gasteiger partial charge is 0.459 e. The summed E-state index contributed by atoms with van der Waals surface area (Å²) in [5, 5.41) is 26.4. The van der Waals surface area contributed by atoms with Crippen LogP contribution in [-0.2, 0) is 19.0 Å². The quantitative estimate of drug-likeness (QED) is 0.177. The SMILES string of the molecule is CNc1nc(NC(=O)C(C)C)nc2c1ncn2[C@@H]1O[C@H](COC(=O)c2ccccc2)C(OC(=O)c2ccccc2)[C@]1(F)C(O)CO. The van der Waals surface area contributed by atoms with E-state index in [0.29, 0.717) is 0 Å². The number of nitrogens with one attached hydrogen (secondary N) is 2. The van der Waals surface area contributed by atoms with Gasteiger partial charge in [0.2, 0.25) is 17.5 Å². The van der Waals surface area contributed by atoms with Gasteiger partial charge in [0.15, 0.2) is 29.3 Å². The lowest BCUT2D eigenvalue weighted by Crippen LogP contribution is -2.55. The molecule has 3 heterocycles. The predicted molar refractivity (Wildman–Crippen MR) is 162 cm³/mol. The van der Waals surface area contributed by atoms with Crippen molar-refractivity contribution in [2.75, 3.05) is 30.9 Å². The number of hydrogen-bond donors (Lipinski definition) is 4. The standard InChI is InChI=1S/C31H33FN6O8/c1-17(2)26(41)37-30-35-24(33-3)22-25(36-30)38(16-34-22)29-31(32,21(40)14-39)23(46-28(43)19-12-8-5-9-13-19)20(45-29)15-44-27(42)18-10-6-4-7-11-18/h4-13,16-17,20-21,23,29,39-40H,14-15H2,1-3H3,(H2,33,35,36,37,41)/t20-,21?,23?,29-,31-/m1/s1. The Kier molecular flexibility index (Phi) is 9.55. The van der Waals surface area contributed by atoms with Gasteiger partial charge < -0.3 is 29.7 Å². The zero-order chi connectivity index (χ0) is 33.0. The van der Waals surface area contributed by atoms with Crippen molar-refractivity contribution in [3.8, 4) is 0 Å². The van der Waals surface area contributed by atoms with E-state index in [1.54, 1.807) is 57.3 Å². The summed E-state index contributed by atoms with van der Waals surface area (Å²) in [6, 6.07) is 15.8. The van der Waals surface area contributed by atoms with Crippen LogP contribution in [0.1, 0.15) is 40.8 Å². The summed E-state index contributed by atoms with van der Waals surface area (Å²) in [7, 11) is 1.56. The molecule has 15 heteroatoms. The Morgan fingerprint density at radius 3 is 2.26 bits per heavy atom.